The van der Waals surface area contributed by atoms with Gasteiger partial charge in [-0.25, -0.2) is 0 Å². The molecule has 106 valence electrons. The third-order valence-electron chi connectivity index (χ3n) is 4.12. The van der Waals surface area contributed by atoms with E-state index in [1.54, 1.807) is 0 Å². The number of carbonyl (C=O) groups excluding carboxylic acids is 1. The van der Waals surface area contributed by atoms with Gasteiger partial charge in [-0.3, -0.25) is 4.79 Å². The van der Waals surface area contributed by atoms with Crippen molar-refractivity contribution in [2.75, 3.05) is 6.54 Å². The Balaban J connectivity index is 2.26. The summed E-state index contributed by atoms with van der Waals surface area (Å²) in [5.74, 6) is 1.03. The Bertz CT molecular complexity index is 243. The summed E-state index contributed by atoms with van der Waals surface area (Å²) in [5.41, 5.74) is 5.72. The number of nitrogens with one attached hydrogen (secondary N) is 1. The summed E-state index contributed by atoms with van der Waals surface area (Å²) in [7, 11) is 0. The molecule has 3 nitrogen and oxygen atoms in total. The molecule has 0 aromatic heterocycles. The van der Waals surface area contributed by atoms with E-state index < -0.39 is 0 Å². The van der Waals surface area contributed by atoms with E-state index in [9.17, 15) is 4.79 Å². The lowest BCUT2D eigenvalue weighted by atomic mass is 9.81. The molecule has 1 aliphatic rings. The molecule has 0 aromatic rings. The topological polar surface area (TPSA) is 55.1 Å². The Morgan fingerprint density at radius 2 is 2.17 bits per heavy atom. The molecule has 0 radical (unpaired) electrons. The molecule has 1 fully saturated rings. The largest absolute Gasteiger partial charge is 0.353 e. The maximum atomic E-state index is 12.2. The van der Waals surface area contributed by atoms with E-state index in [0.717, 1.165) is 32.2 Å². The molecular formula is C15H30N2O. The minimum atomic E-state index is 0.209. The molecule has 1 rings (SSSR count). The van der Waals surface area contributed by atoms with Crippen LogP contribution >= 0.6 is 0 Å². The van der Waals surface area contributed by atoms with Crippen LogP contribution in [0.2, 0.25) is 0 Å². The van der Waals surface area contributed by atoms with Gasteiger partial charge in [-0.05, 0) is 45.1 Å². The van der Waals surface area contributed by atoms with Crippen molar-refractivity contribution in [3.05, 3.63) is 0 Å². The van der Waals surface area contributed by atoms with Gasteiger partial charge >= 0.3 is 0 Å². The molecule has 0 aliphatic heterocycles. The maximum Gasteiger partial charge on any atom is 0.223 e. The number of rotatable bonds is 7. The highest BCUT2D eigenvalue weighted by Crippen LogP contribution is 2.28. The number of amides is 1. The predicted molar refractivity (Wildman–Crippen MR) is 76.2 cm³/mol. The average Bonchev–Trinajstić information content (AvgIpc) is 2.39. The van der Waals surface area contributed by atoms with Crippen LogP contribution in [0.25, 0.3) is 0 Å². The standard InChI is InChI=1S/C15H30N2O/c1-3-4-5-7-12(2)17-15(18)14-9-6-8-13(10-14)11-16/h12-14H,3-11,16H2,1-2H3,(H,17,18). The van der Waals surface area contributed by atoms with Gasteiger partial charge < -0.3 is 11.1 Å². The van der Waals surface area contributed by atoms with Crippen molar-refractivity contribution in [1.29, 1.82) is 0 Å². The fraction of sp³-hybridized carbons (Fsp3) is 0.933. The second-order valence-electron chi connectivity index (χ2n) is 5.87. The average molecular weight is 254 g/mol. The second-order valence-corrected chi connectivity index (χ2v) is 5.87. The second kappa shape index (κ2) is 8.52. The fourth-order valence-electron chi connectivity index (χ4n) is 2.88. The van der Waals surface area contributed by atoms with Gasteiger partial charge in [0, 0.05) is 12.0 Å². The zero-order chi connectivity index (χ0) is 13.4. The Labute approximate surface area is 112 Å². The highest BCUT2D eigenvalue weighted by molar-refractivity contribution is 5.79. The van der Waals surface area contributed by atoms with Crippen LogP contribution in [-0.2, 0) is 4.79 Å². The van der Waals surface area contributed by atoms with Crippen LogP contribution in [0.3, 0.4) is 0 Å². The summed E-state index contributed by atoms with van der Waals surface area (Å²) in [6.07, 6.45) is 9.21. The van der Waals surface area contributed by atoms with Crippen LogP contribution in [0.4, 0.5) is 0 Å². The van der Waals surface area contributed by atoms with Gasteiger partial charge in [0.2, 0.25) is 5.91 Å². The van der Waals surface area contributed by atoms with E-state index in [0.29, 0.717) is 12.0 Å². The quantitative estimate of drug-likeness (QED) is 0.686. The molecule has 1 aliphatic carbocycles. The molecule has 3 heteroatoms. The van der Waals surface area contributed by atoms with Crippen molar-refractivity contribution in [3.8, 4) is 0 Å². The van der Waals surface area contributed by atoms with E-state index >= 15 is 0 Å². The van der Waals surface area contributed by atoms with Crippen LogP contribution in [0.5, 0.6) is 0 Å². The molecule has 0 heterocycles. The summed E-state index contributed by atoms with van der Waals surface area (Å²) in [5, 5.41) is 3.17. The van der Waals surface area contributed by atoms with Crippen molar-refractivity contribution in [3.63, 3.8) is 0 Å². The van der Waals surface area contributed by atoms with Crippen LogP contribution in [0.15, 0.2) is 0 Å². The molecule has 0 bridgehead atoms. The highest BCUT2D eigenvalue weighted by Gasteiger charge is 2.26. The van der Waals surface area contributed by atoms with Crippen molar-refractivity contribution < 1.29 is 4.79 Å². The zero-order valence-corrected chi connectivity index (χ0v) is 12.1. The summed E-state index contributed by atoms with van der Waals surface area (Å²) < 4.78 is 0. The van der Waals surface area contributed by atoms with E-state index in [4.69, 9.17) is 5.73 Å². The summed E-state index contributed by atoms with van der Waals surface area (Å²) in [6, 6.07) is 0.322. The monoisotopic (exact) mass is 254 g/mol. The molecule has 0 spiro atoms. The van der Waals surface area contributed by atoms with Crippen molar-refractivity contribution in [2.45, 2.75) is 71.3 Å². The Kier molecular flexibility index (Phi) is 7.33. The molecule has 18 heavy (non-hydrogen) atoms. The van der Waals surface area contributed by atoms with Gasteiger partial charge in [-0.2, -0.15) is 0 Å². The van der Waals surface area contributed by atoms with Crippen LogP contribution in [-0.4, -0.2) is 18.5 Å². The molecule has 0 aromatic carbocycles. The molecule has 1 saturated carbocycles. The van der Waals surface area contributed by atoms with E-state index in [1.165, 1.54) is 25.7 Å². The maximum absolute atomic E-state index is 12.2. The normalized spacial score (nSPS) is 25.7. The zero-order valence-electron chi connectivity index (χ0n) is 12.1. The van der Waals surface area contributed by atoms with Crippen LogP contribution in [0, 0.1) is 11.8 Å². The lowest BCUT2D eigenvalue weighted by Gasteiger charge is -2.28. The van der Waals surface area contributed by atoms with Gasteiger partial charge in [0.1, 0.15) is 0 Å². The Hall–Kier alpha value is -0.570. The third kappa shape index (κ3) is 5.38. The van der Waals surface area contributed by atoms with E-state index in [-0.39, 0.29) is 11.8 Å². The number of unbranched alkanes of at least 4 members (excludes halogenated alkanes) is 2. The highest BCUT2D eigenvalue weighted by atomic mass is 16.1. The van der Waals surface area contributed by atoms with Gasteiger partial charge in [-0.15, -0.1) is 0 Å². The van der Waals surface area contributed by atoms with Crippen LogP contribution in [0.1, 0.15) is 65.2 Å². The molecule has 0 saturated heterocycles. The SMILES string of the molecule is CCCCCC(C)NC(=O)C1CCCC(CN)C1. The number of hydrogen-bond donors (Lipinski definition) is 2. The van der Waals surface area contributed by atoms with E-state index in [1.807, 2.05) is 0 Å². The lowest BCUT2D eigenvalue weighted by molar-refractivity contribution is -0.127. The Morgan fingerprint density at radius 3 is 2.83 bits per heavy atom. The summed E-state index contributed by atoms with van der Waals surface area (Å²) >= 11 is 0. The third-order valence-corrected chi connectivity index (χ3v) is 4.12. The first-order valence-electron chi connectivity index (χ1n) is 7.67. The number of carbonyl (C=O) groups is 1. The van der Waals surface area contributed by atoms with Gasteiger partial charge in [0.05, 0.1) is 0 Å². The van der Waals surface area contributed by atoms with Gasteiger partial charge in [0.25, 0.3) is 0 Å². The van der Waals surface area contributed by atoms with Gasteiger partial charge in [0.15, 0.2) is 0 Å². The first-order valence-corrected chi connectivity index (χ1v) is 7.67. The lowest BCUT2D eigenvalue weighted by Crippen LogP contribution is -2.39. The fourth-order valence-corrected chi connectivity index (χ4v) is 2.88. The molecule has 3 N–H and O–H groups in total. The van der Waals surface area contributed by atoms with E-state index in [2.05, 4.69) is 19.2 Å². The van der Waals surface area contributed by atoms with Crippen LogP contribution < -0.4 is 11.1 Å². The van der Waals surface area contributed by atoms with Crippen molar-refractivity contribution >= 4 is 5.91 Å². The van der Waals surface area contributed by atoms with Crippen molar-refractivity contribution in [1.82, 2.24) is 5.32 Å². The van der Waals surface area contributed by atoms with Crippen molar-refractivity contribution in [2.24, 2.45) is 17.6 Å². The first kappa shape index (κ1) is 15.5. The predicted octanol–water partition coefficient (Wildman–Crippen LogP) is 2.84. The number of nitrogens with two attached hydrogens (primary N) is 1. The molecule has 1 amide bonds. The summed E-state index contributed by atoms with van der Waals surface area (Å²) in [4.78, 5) is 12.2. The number of hydrogen-bond acceptors (Lipinski definition) is 2. The summed E-state index contributed by atoms with van der Waals surface area (Å²) in [6.45, 7) is 5.06. The molecule has 3 atom stereocenters. The first-order chi connectivity index (χ1) is 8.67. The molecule has 3 unspecified atom stereocenters. The minimum absolute atomic E-state index is 0.209. The van der Waals surface area contributed by atoms with Gasteiger partial charge in [-0.1, -0.05) is 32.6 Å². The minimum Gasteiger partial charge on any atom is -0.353 e. The molecular weight excluding hydrogens is 224 g/mol. The Morgan fingerprint density at radius 1 is 1.39 bits per heavy atom. The smallest absolute Gasteiger partial charge is 0.223 e.